The van der Waals surface area contributed by atoms with E-state index < -0.39 is 0 Å². The van der Waals surface area contributed by atoms with E-state index in [4.69, 9.17) is 14.2 Å². The lowest BCUT2D eigenvalue weighted by Crippen LogP contribution is -2.20. The van der Waals surface area contributed by atoms with Gasteiger partial charge in [0.1, 0.15) is 0 Å². The number of carbonyl (C=O) groups excluding carboxylic acids is 1. The van der Waals surface area contributed by atoms with Gasteiger partial charge in [-0.1, -0.05) is 30.3 Å². The monoisotopic (exact) mass is 351 g/mol. The number of rotatable bonds is 6. The van der Waals surface area contributed by atoms with Crippen LogP contribution in [0.4, 0.5) is 5.69 Å². The number of fused-ring (bicyclic) bond motifs is 1. The molecular formula is C21H21NO4. The Bertz CT molecular complexity index is 911. The van der Waals surface area contributed by atoms with Crippen molar-refractivity contribution in [2.45, 2.75) is 6.92 Å². The van der Waals surface area contributed by atoms with Gasteiger partial charge < -0.3 is 19.5 Å². The molecule has 0 radical (unpaired) electrons. The maximum atomic E-state index is 12.3. The molecule has 134 valence electrons. The molecule has 1 amide bonds. The van der Waals surface area contributed by atoms with Gasteiger partial charge in [-0.25, -0.2) is 0 Å². The van der Waals surface area contributed by atoms with Crippen molar-refractivity contribution < 1.29 is 19.0 Å². The number of hydrogen-bond donors (Lipinski definition) is 1. The van der Waals surface area contributed by atoms with Crippen molar-refractivity contribution in [3.05, 3.63) is 60.2 Å². The molecule has 26 heavy (non-hydrogen) atoms. The number of benzene rings is 3. The summed E-state index contributed by atoms with van der Waals surface area (Å²) in [5, 5.41) is 5.03. The first-order chi connectivity index (χ1) is 12.6. The summed E-state index contributed by atoms with van der Waals surface area (Å²) in [6.45, 7) is 1.78. The molecule has 0 spiro atoms. The molecule has 3 rings (SSSR count). The second-order valence-electron chi connectivity index (χ2n) is 5.90. The van der Waals surface area contributed by atoms with Gasteiger partial charge in [0.05, 0.1) is 14.2 Å². The zero-order valence-electron chi connectivity index (χ0n) is 15.0. The van der Waals surface area contributed by atoms with Crippen LogP contribution < -0.4 is 19.5 Å². The van der Waals surface area contributed by atoms with E-state index in [1.54, 1.807) is 14.2 Å². The largest absolute Gasteiger partial charge is 0.493 e. The van der Waals surface area contributed by atoms with Crippen LogP contribution >= 0.6 is 0 Å². The number of anilines is 1. The summed E-state index contributed by atoms with van der Waals surface area (Å²) in [6.07, 6.45) is 0. The van der Waals surface area contributed by atoms with Crippen molar-refractivity contribution in [3.63, 3.8) is 0 Å². The highest BCUT2D eigenvalue weighted by molar-refractivity contribution is 5.95. The van der Waals surface area contributed by atoms with Gasteiger partial charge in [0, 0.05) is 5.69 Å². The van der Waals surface area contributed by atoms with Gasteiger partial charge >= 0.3 is 0 Å². The number of methoxy groups -OCH3 is 2. The molecule has 3 aromatic carbocycles. The van der Waals surface area contributed by atoms with Crippen LogP contribution in [0.1, 0.15) is 5.56 Å². The summed E-state index contributed by atoms with van der Waals surface area (Å²) in [7, 11) is 3.10. The molecule has 0 bridgehead atoms. The standard InChI is InChI=1S/C21H21NO4/c1-14-10-18(24-2)21(19(11-14)25-3)26-13-20(23)22-17-9-8-15-6-4-5-7-16(15)12-17/h4-12H,13H2,1-3H3,(H,22,23). The lowest BCUT2D eigenvalue weighted by atomic mass is 10.1. The maximum absolute atomic E-state index is 12.3. The highest BCUT2D eigenvalue weighted by Crippen LogP contribution is 2.38. The van der Waals surface area contributed by atoms with Crippen LogP contribution in [0.25, 0.3) is 10.8 Å². The molecule has 0 saturated heterocycles. The van der Waals surface area contributed by atoms with Crippen molar-refractivity contribution in [1.82, 2.24) is 0 Å². The quantitative estimate of drug-likeness (QED) is 0.724. The summed E-state index contributed by atoms with van der Waals surface area (Å²) in [5.74, 6) is 1.21. The fourth-order valence-corrected chi connectivity index (χ4v) is 2.76. The van der Waals surface area contributed by atoms with Crippen molar-refractivity contribution >= 4 is 22.4 Å². The average molecular weight is 351 g/mol. The highest BCUT2D eigenvalue weighted by atomic mass is 16.5. The molecule has 0 aliphatic rings. The number of nitrogens with one attached hydrogen (secondary N) is 1. The van der Waals surface area contributed by atoms with Crippen molar-refractivity contribution in [2.75, 3.05) is 26.1 Å². The third kappa shape index (κ3) is 3.88. The van der Waals surface area contributed by atoms with E-state index in [0.29, 0.717) is 17.2 Å². The molecule has 0 aliphatic heterocycles. The average Bonchev–Trinajstić information content (AvgIpc) is 2.66. The molecule has 0 aliphatic carbocycles. The van der Waals surface area contributed by atoms with Gasteiger partial charge in [-0.2, -0.15) is 0 Å². The predicted molar refractivity (Wildman–Crippen MR) is 102 cm³/mol. The molecule has 0 aromatic heterocycles. The molecule has 3 aromatic rings. The Morgan fingerprint density at radius 1 is 0.923 bits per heavy atom. The lowest BCUT2D eigenvalue weighted by molar-refractivity contribution is -0.118. The highest BCUT2D eigenvalue weighted by Gasteiger charge is 2.15. The van der Waals surface area contributed by atoms with Crippen LogP contribution in [0.3, 0.4) is 0 Å². The van der Waals surface area contributed by atoms with Crippen LogP contribution in [0.5, 0.6) is 17.2 Å². The van der Waals surface area contributed by atoms with Gasteiger partial charge in [0.2, 0.25) is 5.75 Å². The molecule has 1 N–H and O–H groups in total. The zero-order chi connectivity index (χ0) is 18.5. The van der Waals surface area contributed by atoms with E-state index in [1.807, 2.05) is 61.5 Å². The Labute approximate surface area is 152 Å². The first kappa shape index (κ1) is 17.6. The number of amides is 1. The van der Waals surface area contributed by atoms with Gasteiger partial charge in [-0.05, 0) is 47.5 Å². The van der Waals surface area contributed by atoms with Crippen LogP contribution in [0.2, 0.25) is 0 Å². The van der Waals surface area contributed by atoms with E-state index in [9.17, 15) is 4.79 Å². The first-order valence-electron chi connectivity index (χ1n) is 8.25. The summed E-state index contributed by atoms with van der Waals surface area (Å²) in [6, 6.07) is 17.4. The van der Waals surface area contributed by atoms with Crippen molar-refractivity contribution in [2.24, 2.45) is 0 Å². The van der Waals surface area contributed by atoms with Crippen molar-refractivity contribution in [3.8, 4) is 17.2 Å². The van der Waals surface area contributed by atoms with E-state index >= 15 is 0 Å². The van der Waals surface area contributed by atoms with E-state index in [2.05, 4.69) is 5.32 Å². The molecule has 0 atom stereocenters. The Kier molecular flexibility index (Phi) is 5.27. The van der Waals surface area contributed by atoms with Crippen molar-refractivity contribution in [1.29, 1.82) is 0 Å². The fraction of sp³-hybridized carbons (Fsp3) is 0.190. The van der Waals surface area contributed by atoms with Crippen LogP contribution in [-0.4, -0.2) is 26.7 Å². The third-order valence-corrected chi connectivity index (χ3v) is 3.99. The molecule has 0 unspecified atom stereocenters. The minimum Gasteiger partial charge on any atom is -0.493 e. The predicted octanol–water partition coefficient (Wildman–Crippen LogP) is 4.18. The number of aryl methyl sites for hydroxylation is 1. The van der Waals surface area contributed by atoms with E-state index in [-0.39, 0.29) is 12.5 Å². The molecule has 5 nitrogen and oxygen atoms in total. The third-order valence-electron chi connectivity index (χ3n) is 3.99. The van der Waals surface area contributed by atoms with Gasteiger partial charge in [0.25, 0.3) is 5.91 Å². The van der Waals surface area contributed by atoms with E-state index in [1.165, 1.54) is 0 Å². The first-order valence-corrected chi connectivity index (χ1v) is 8.25. The second kappa shape index (κ2) is 7.78. The SMILES string of the molecule is COc1cc(C)cc(OC)c1OCC(=O)Nc1ccc2ccccc2c1. The zero-order valence-corrected chi connectivity index (χ0v) is 15.0. The van der Waals surface area contributed by atoms with Gasteiger partial charge in [-0.15, -0.1) is 0 Å². The van der Waals surface area contributed by atoms with Crippen LogP contribution in [-0.2, 0) is 4.79 Å². The Morgan fingerprint density at radius 3 is 2.23 bits per heavy atom. The smallest absolute Gasteiger partial charge is 0.262 e. The normalized spacial score (nSPS) is 10.4. The topological polar surface area (TPSA) is 56.8 Å². The summed E-state index contributed by atoms with van der Waals surface area (Å²) in [5.41, 5.74) is 1.70. The van der Waals surface area contributed by atoms with Crippen LogP contribution in [0.15, 0.2) is 54.6 Å². The lowest BCUT2D eigenvalue weighted by Gasteiger charge is -2.15. The summed E-state index contributed by atoms with van der Waals surface area (Å²) in [4.78, 5) is 12.3. The number of ether oxygens (including phenoxy) is 3. The molecular weight excluding hydrogens is 330 g/mol. The molecule has 0 saturated carbocycles. The van der Waals surface area contributed by atoms with Gasteiger partial charge in [-0.3, -0.25) is 4.79 Å². The Morgan fingerprint density at radius 2 is 1.58 bits per heavy atom. The van der Waals surface area contributed by atoms with Gasteiger partial charge in [0.15, 0.2) is 18.1 Å². The van der Waals surface area contributed by atoms with Crippen LogP contribution in [0, 0.1) is 6.92 Å². The molecule has 0 fully saturated rings. The van der Waals surface area contributed by atoms with E-state index in [0.717, 1.165) is 22.0 Å². The number of hydrogen-bond acceptors (Lipinski definition) is 4. The maximum Gasteiger partial charge on any atom is 0.262 e. The number of carbonyl (C=O) groups is 1. The fourth-order valence-electron chi connectivity index (χ4n) is 2.76. The second-order valence-corrected chi connectivity index (χ2v) is 5.90. The minimum atomic E-state index is -0.259. The molecule has 0 heterocycles. The molecule has 5 heteroatoms. The summed E-state index contributed by atoms with van der Waals surface area (Å²) >= 11 is 0. The Hall–Kier alpha value is -3.21. The minimum absolute atomic E-state index is 0.150. The Balaban J connectivity index is 1.70. The summed E-state index contributed by atoms with van der Waals surface area (Å²) < 4.78 is 16.3.